The summed E-state index contributed by atoms with van der Waals surface area (Å²) in [5, 5.41) is 2.42. The van der Waals surface area contributed by atoms with Gasteiger partial charge in [-0.15, -0.1) is 0 Å². The highest BCUT2D eigenvalue weighted by molar-refractivity contribution is 5.94. The molecular formula is C16H23N3. The van der Waals surface area contributed by atoms with Crippen LogP contribution in [0.5, 0.6) is 0 Å². The summed E-state index contributed by atoms with van der Waals surface area (Å²) in [4.78, 5) is 6.85. The molecule has 0 atom stereocenters. The summed E-state index contributed by atoms with van der Waals surface area (Å²) in [6.07, 6.45) is 5.63. The molecule has 2 rings (SSSR count). The smallest absolute Gasteiger partial charge is 0.136 e. The van der Waals surface area contributed by atoms with Crippen molar-refractivity contribution in [3.63, 3.8) is 0 Å². The van der Waals surface area contributed by atoms with Crippen LogP contribution in [0.1, 0.15) is 31.7 Å². The summed E-state index contributed by atoms with van der Waals surface area (Å²) in [6, 6.07) is 8.38. The van der Waals surface area contributed by atoms with Gasteiger partial charge in [0, 0.05) is 31.7 Å². The minimum atomic E-state index is 0.535. The third-order valence-electron chi connectivity index (χ3n) is 3.54. The minimum Gasteiger partial charge on any atom is -0.359 e. The van der Waals surface area contributed by atoms with Gasteiger partial charge in [0.2, 0.25) is 0 Å². The van der Waals surface area contributed by atoms with Gasteiger partial charge in [-0.05, 0) is 17.4 Å². The Kier molecular flexibility index (Phi) is 4.74. The first-order valence-corrected chi connectivity index (χ1v) is 7.05. The van der Waals surface area contributed by atoms with Crippen LogP contribution in [-0.4, -0.2) is 18.6 Å². The van der Waals surface area contributed by atoms with Crippen molar-refractivity contribution in [2.75, 3.05) is 18.5 Å². The molecule has 1 aromatic carbocycles. The SMILES string of the molecule is CCCCCN(C)c1ncc(CN)c2ccccc12. The van der Waals surface area contributed by atoms with Crippen LogP contribution < -0.4 is 10.6 Å². The van der Waals surface area contributed by atoms with Crippen molar-refractivity contribution in [2.45, 2.75) is 32.7 Å². The number of hydrogen-bond acceptors (Lipinski definition) is 3. The maximum atomic E-state index is 5.79. The van der Waals surface area contributed by atoms with Gasteiger partial charge < -0.3 is 10.6 Å². The molecule has 2 aromatic rings. The van der Waals surface area contributed by atoms with E-state index in [0.717, 1.165) is 17.9 Å². The van der Waals surface area contributed by atoms with Gasteiger partial charge in [0.25, 0.3) is 0 Å². The molecule has 0 aliphatic carbocycles. The van der Waals surface area contributed by atoms with Gasteiger partial charge in [0.15, 0.2) is 0 Å². The molecule has 1 aromatic heterocycles. The molecule has 19 heavy (non-hydrogen) atoms. The Morgan fingerprint density at radius 1 is 1.16 bits per heavy atom. The first-order valence-electron chi connectivity index (χ1n) is 7.05. The Bertz CT molecular complexity index is 537. The molecule has 0 saturated carbocycles. The van der Waals surface area contributed by atoms with Crippen molar-refractivity contribution in [3.8, 4) is 0 Å². The van der Waals surface area contributed by atoms with Gasteiger partial charge in [-0.2, -0.15) is 0 Å². The molecule has 0 bridgehead atoms. The second kappa shape index (κ2) is 6.53. The fraction of sp³-hybridized carbons (Fsp3) is 0.438. The normalized spacial score (nSPS) is 10.9. The second-order valence-corrected chi connectivity index (χ2v) is 4.99. The molecular weight excluding hydrogens is 234 g/mol. The summed E-state index contributed by atoms with van der Waals surface area (Å²) < 4.78 is 0. The van der Waals surface area contributed by atoms with Crippen molar-refractivity contribution in [2.24, 2.45) is 5.73 Å². The fourth-order valence-electron chi connectivity index (χ4n) is 2.41. The molecule has 0 amide bonds. The van der Waals surface area contributed by atoms with Crippen LogP contribution >= 0.6 is 0 Å². The van der Waals surface area contributed by atoms with Crippen molar-refractivity contribution in [1.29, 1.82) is 0 Å². The van der Waals surface area contributed by atoms with E-state index in [0.29, 0.717) is 6.54 Å². The Labute approximate surface area is 115 Å². The van der Waals surface area contributed by atoms with Gasteiger partial charge >= 0.3 is 0 Å². The number of anilines is 1. The number of hydrogen-bond donors (Lipinski definition) is 1. The largest absolute Gasteiger partial charge is 0.359 e. The van der Waals surface area contributed by atoms with E-state index < -0.39 is 0 Å². The predicted octanol–water partition coefficient (Wildman–Crippen LogP) is 3.32. The number of aromatic nitrogens is 1. The summed E-state index contributed by atoms with van der Waals surface area (Å²) in [5.74, 6) is 1.06. The molecule has 0 aliphatic rings. The summed E-state index contributed by atoms with van der Waals surface area (Å²) in [6.45, 7) is 3.81. The highest BCUT2D eigenvalue weighted by atomic mass is 15.2. The number of fused-ring (bicyclic) bond motifs is 1. The zero-order chi connectivity index (χ0) is 13.7. The summed E-state index contributed by atoms with van der Waals surface area (Å²) in [7, 11) is 2.12. The maximum Gasteiger partial charge on any atom is 0.136 e. The average molecular weight is 257 g/mol. The van der Waals surface area contributed by atoms with E-state index >= 15 is 0 Å². The molecule has 102 valence electrons. The number of unbranched alkanes of at least 4 members (excludes halogenated alkanes) is 2. The second-order valence-electron chi connectivity index (χ2n) is 4.99. The van der Waals surface area contributed by atoms with Crippen molar-refractivity contribution in [3.05, 3.63) is 36.0 Å². The molecule has 0 radical (unpaired) electrons. The van der Waals surface area contributed by atoms with Crippen LogP contribution in [0.15, 0.2) is 30.5 Å². The van der Waals surface area contributed by atoms with Crippen molar-refractivity contribution in [1.82, 2.24) is 4.98 Å². The zero-order valence-corrected chi connectivity index (χ0v) is 11.9. The first-order chi connectivity index (χ1) is 9.27. The number of nitrogens with zero attached hydrogens (tertiary/aromatic N) is 2. The lowest BCUT2D eigenvalue weighted by atomic mass is 10.1. The Balaban J connectivity index is 2.33. The standard InChI is InChI=1S/C16H23N3/c1-3-4-7-10-19(2)16-15-9-6-5-8-14(15)13(11-17)12-18-16/h5-6,8-9,12H,3-4,7,10-11,17H2,1-2H3. The molecule has 0 fully saturated rings. The van der Waals surface area contributed by atoms with Gasteiger partial charge in [0.1, 0.15) is 5.82 Å². The van der Waals surface area contributed by atoms with Gasteiger partial charge in [-0.1, -0.05) is 44.0 Å². The Morgan fingerprint density at radius 3 is 2.58 bits per heavy atom. The number of pyridine rings is 1. The molecule has 1 heterocycles. The van der Waals surface area contributed by atoms with E-state index in [-0.39, 0.29) is 0 Å². The molecule has 3 heteroatoms. The predicted molar refractivity (Wildman–Crippen MR) is 82.4 cm³/mol. The lowest BCUT2D eigenvalue weighted by Crippen LogP contribution is -2.20. The number of benzene rings is 1. The molecule has 0 saturated heterocycles. The minimum absolute atomic E-state index is 0.535. The van der Waals surface area contributed by atoms with E-state index in [9.17, 15) is 0 Å². The molecule has 2 N–H and O–H groups in total. The Morgan fingerprint density at radius 2 is 1.89 bits per heavy atom. The van der Waals surface area contributed by atoms with Crippen LogP contribution in [0.2, 0.25) is 0 Å². The van der Waals surface area contributed by atoms with Crippen LogP contribution in [0.25, 0.3) is 10.8 Å². The third-order valence-corrected chi connectivity index (χ3v) is 3.54. The quantitative estimate of drug-likeness (QED) is 0.807. The summed E-state index contributed by atoms with van der Waals surface area (Å²) >= 11 is 0. The molecule has 3 nitrogen and oxygen atoms in total. The van der Waals surface area contributed by atoms with Crippen LogP contribution in [0.4, 0.5) is 5.82 Å². The highest BCUT2D eigenvalue weighted by Gasteiger charge is 2.09. The monoisotopic (exact) mass is 257 g/mol. The number of rotatable bonds is 6. The lowest BCUT2D eigenvalue weighted by Gasteiger charge is -2.20. The van der Waals surface area contributed by atoms with E-state index in [1.807, 2.05) is 6.20 Å². The van der Waals surface area contributed by atoms with Crippen LogP contribution in [0, 0.1) is 0 Å². The number of nitrogens with two attached hydrogens (primary N) is 1. The lowest BCUT2D eigenvalue weighted by molar-refractivity contribution is 0.702. The van der Waals surface area contributed by atoms with Gasteiger partial charge in [-0.3, -0.25) is 0 Å². The highest BCUT2D eigenvalue weighted by Crippen LogP contribution is 2.26. The van der Waals surface area contributed by atoms with E-state index in [1.165, 1.54) is 30.0 Å². The Hall–Kier alpha value is -1.61. The van der Waals surface area contributed by atoms with Crippen LogP contribution in [-0.2, 0) is 6.54 Å². The van der Waals surface area contributed by atoms with Crippen LogP contribution in [0.3, 0.4) is 0 Å². The topological polar surface area (TPSA) is 42.2 Å². The third kappa shape index (κ3) is 3.04. The zero-order valence-electron chi connectivity index (χ0n) is 11.9. The molecule has 0 spiro atoms. The maximum absolute atomic E-state index is 5.79. The van der Waals surface area contributed by atoms with Gasteiger partial charge in [-0.25, -0.2) is 4.98 Å². The van der Waals surface area contributed by atoms with E-state index in [1.54, 1.807) is 0 Å². The van der Waals surface area contributed by atoms with Crippen molar-refractivity contribution < 1.29 is 0 Å². The molecule has 0 unspecified atom stereocenters. The average Bonchev–Trinajstić information content (AvgIpc) is 2.46. The fourth-order valence-corrected chi connectivity index (χ4v) is 2.41. The molecule has 0 aliphatic heterocycles. The first kappa shape index (κ1) is 13.8. The van der Waals surface area contributed by atoms with E-state index in [2.05, 4.69) is 48.1 Å². The summed E-state index contributed by atoms with van der Waals surface area (Å²) in [5.41, 5.74) is 6.90. The van der Waals surface area contributed by atoms with Crippen molar-refractivity contribution >= 4 is 16.6 Å². The van der Waals surface area contributed by atoms with Gasteiger partial charge in [0.05, 0.1) is 0 Å². The van der Waals surface area contributed by atoms with E-state index in [4.69, 9.17) is 5.73 Å².